The largest absolute Gasteiger partial charge is 0.469 e. The van der Waals surface area contributed by atoms with Crippen molar-refractivity contribution in [2.45, 2.75) is 19.4 Å². The Morgan fingerprint density at radius 3 is 2.55 bits per heavy atom. The number of ketones is 1. The van der Waals surface area contributed by atoms with Crippen LogP contribution in [0.5, 0.6) is 0 Å². The average molecular weight is 451 g/mol. The first-order valence-electron chi connectivity index (χ1n) is 10.6. The average Bonchev–Trinajstić information content (AvgIpc) is 2.83. The van der Waals surface area contributed by atoms with Crippen LogP contribution in [0.15, 0.2) is 30.5 Å². The number of ether oxygens (including phenoxy) is 1. The number of nitrogens with one attached hydrogen (secondary N) is 1. The molecule has 1 fully saturated rings. The number of carbonyl (C=O) groups excluding carboxylic acids is 2. The number of esters is 1. The molecular formula is C22H26N8O3. The summed E-state index contributed by atoms with van der Waals surface area (Å²) in [6, 6.07) is 7.30. The maximum absolute atomic E-state index is 12.7. The van der Waals surface area contributed by atoms with Gasteiger partial charge in [-0.05, 0) is 50.2 Å². The highest BCUT2D eigenvalue weighted by Gasteiger charge is 2.26. The van der Waals surface area contributed by atoms with E-state index in [1.807, 2.05) is 12.1 Å². The number of hydrogen-bond acceptors (Lipinski definition) is 11. The summed E-state index contributed by atoms with van der Waals surface area (Å²) in [6.07, 6.45) is 3.03. The number of nitrogens with zero attached hydrogens (tertiary/aromatic N) is 5. The van der Waals surface area contributed by atoms with Crippen LogP contribution in [-0.4, -0.2) is 63.3 Å². The Bertz CT molecular complexity index is 1160. The molecule has 0 atom stereocenters. The minimum absolute atomic E-state index is 0.0493. The van der Waals surface area contributed by atoms with Gasteiger partial charge in [0, 0.05) is 11.3 Å². The van der Waals surface area contributed by atoms with E-state index in [1.54, 1.807) is 18.3 Å². The molecule has 0 amide bonds. The van der Waals surface area contributed by atoms with E-state index in [4.69, 9.17) is 16.2 Å². The third kappa shape index (κ3) is 5.32. The molecule has 0 unspecified atom stereocenters. The van der Waals surface area contributed by atoms with Crippen molar-refractivity contribution in [1.82, 2.24) is 24.8 Å². The number of Topliss-reactive ketones (excluding diaryl/α,β-unsaturated/α-hetero) is 1. The number of nitrogen functional groups attached to an aromatic ring is 2. The summed E-state index contributed by atoms with van der Waals surface area (Å²) in [5.41, 5.74) is 14.3. The van der Waals surface area contributed by atoms with E-state index in [2.05, 4.69) is 30.2 Å². The molecule has 11 nitrogen and oxygen atoms in total. The van der Waals surface area contributed by atoms with Gasteiger partial charge in [-0.15, -0.1) is 0 Å². The van der Waals surface area contributed by atoms with Gasteiger partial charge in [0.05, 0.1) is 38.0 Å². The highest BCUT2D eigenvalue weighted by Crippen LogP contribution is 2.19. The van der Waals surface area contributed by atoms with Crippen LogP contribution in [0.2, 0.25) is 0 Å². The Morgan fingerprint density at radius 2 is 1.85 bits per heavy atom. The van der Waals surface area contributed by atoms with Crippen molar-refractivity contribution in [3.8, 4) is 0 Å². The van der Waals surface area contributed by atoms with E-state index in [9.17, 15) is 9.59 Å². The fourth-order valence-corrected chi connectivity index (χ4v) is 3.82. The van der Waals surface area contributed by atoms with Gasteiger partial charge in [-0.25, -0.2) is 9.97 Å². The van der Waals surface area contributed by atoms with E-state index in [0.717, 1.165) is 5.69 Å². The van der Waals surface area contributed by atoms with Gasteiger partial charge in [0.25, 0.3) is 0 Å². The maximum atomic E-state index is 12.7. The summed E-state index contributed by atoms with van der Waals surface area (Å²) < 4.78 is 4.81. The van der Waals surface area contributed by atoms with Gasteiger partial charge >= 0.3 is 5.97 Å². The summed E-state index contributed by atoms with van der Waals surface area (Å²) in [5.74, 6) is 0.0549. The van der Waals surface area contributed by atoms with Gasteiger partial charge in [0.2, 0.25) is 5.95 Å². The van der Waals surface area contributed by atoms with E-state index in [0.29, 0.717) is 61.4 Å². The quantitative estimate of drug-likeness (QED) is 0.351. The summed E-state index contributed by atoms with van der Waals surface area (Å²) in [4.78, 5) is 43.0. The number of anilines is 3. The van der Waals surface area contributed by atoms with Crippen molar-refractivity contribution >= 4 is 40.4 Å². The molecule has 33 heavy (non-hydrogen) atoms. The smallest absolute Gasteiger partial charge is 0.308 e. The summed E-state index contributed by atoms with van der Waals surface area (Å²) in [5, 5.41) is 3.25. The zero-order chi connectivity index (χ0) is 23.4. The fourth-order valence-electron chi connectivity index (χ4n) is 3.82. The predicted octanol–water partition coefficient (Wildman–Crippen LogP) is 1.26. The number of methoxy groups -OCH3 is 1. The van der Waals surface area contributed by atoms with E-state index < -0.39 is 0 Å². The number of nitrogens with two attached hydrogens (primary N) is 2. The van der Waals surface area contributed by atoms with Crippen molar-refractivity contribution in [3.05, 3.63) is 41.7 Å². The highest BCUT2D eigenvalue weighted by atomic mass is 16.5. The molecule has 2 aromatic heterocycles. The number of benzene rings is 1. The summed E-state index contributed by atoms with van der Waals surface area (Å²) >= 11 is 0. The Morgan fingerprint density at radius 1 is 1.12 bits per heavy atom. The zero-order valence-corrected chi connectivity index (χ0v) is 18.3. The molecule has 0 aliphatic carbocycles. The number of hydrogen-bond donors (Lipinski definition) is 3. The fraction of sp³-hybridized carbons (Fsp3) is 0.364. The molecule has 0 spiro atoms. The van der Waals surface area contributed by atoms with Gasteiger partial charge in [-0.3, -0.25) is 14.5 Å². The molecule has 0 bridgehead atoms. The topological polar surface area (TPSA) is 162 Å². The van der Waals surface area contributed by atoms with Crippen molar-refractivity contribution in [3.63, 3.8) is 0 Å². The number of aromatic nitrogens is 4. The van der Waals surface area contributed by atoms with Crippen molar-refractivity contribution in [2.24, 2.45) is 5.92 Å². The van der Waals surface area contributed by atoms with E-state index >= 15 is 0 Å². The molecule has 172 valence electrons. The second kappa shape index (κ2) is 9.74. The van der Waals surface area contributed by atoms with Crippen LogP contribution >= 0.6 is 0 Å². The highest BCUT2D eigenvalue weighted by molar-refractivity contribution is 5.97. The standard InChI is InChI=1S/C22H26N8O3/c1-33-21(32)14-6-8-30(9-7-14)12-17(31)13-2-4-15(5-3-13)25-10-16-11-26-20-18(27-16)19(23)28-22(24)29-20/h2-5,11,14,25H,6-10,12H2,1H3,(H4,23,24,26,28,29). The Hall–Kier alpha value is -3.86. The first-order chi connectivity index (χ1) is 15.9. The molecule has 3 aromatic rings. The summed E-state index contributed by atoms with van der Waals surface area (Å²) in [7, 11) is 1.41. The molecule has 0 saturated carbocycles. The molecule has 1 saturated heterocycles. The monoisotopic (exact) mass is 450 g/mol. The normalized spacial score (nSPS) is 14.8. The van der Waals surface area contributed by atoms with Crippen LogP contribution < -0.4 is 16.8 Å². The minimum atomic E-state index is -0.166. The number of piperidine rings is 1. The zero-order valence-electron chi connectivity index (χ0n) is 18.3. The lowest BCUT2D eigenvalue weighted by molar-refractivity contribution is -0.147. The summed E-state index contributed by atoms with van der Waals surface area (Å²) in [6.45, 7) is 2.16. The van der Waals surface area contributed by atoms with Gasteiger partial charge in [-0.2, -0.15) is 9.97 Å². The number of likely N-dealkylation sites (tertiary alicyclic amines) is 1. The van der Waals surface area contributed by atoms with Crippen molar-refractivity contribution in [1.29, 1.82) is 0 Å². The van der Waals surface area contributed by atoms with Crippen LogP contribution in [-0.2, 0) is 16.1 Å². The Labute approximate surface area is 190 Å². The van der Waals surface area contributed by atoms with E-state index in [-0.39, 0.29) is 29.4 Å². The van der Waals surface area contributed by atoms with Crippen molar-refractivity contribution in [2.75, 3.05) is 43.5 Å². The van der Waals surface area contributed by atoms with Crippen LogP contribution in [0.3, 0.4) is 0 Å². The molecule has 1 aromatic carbocycles. The lowest BCUT2D eigenvalue weighted by Gasteiger charge is -2.29. The second-order valence-corrected chi connectivity index (χ2v) is 7.93. The molecule has 1 aliphatic rings. The molecule has 3 heterocycles. The minimum Gasteiger partial charge on any atom is -0.469 e. The lowest BCUT2D eigenvalue weighted by Crippen LogP contribution is -2.39. The first kappa shape index (κ1) is 22.3. The number of fused-ring (bicyclic) bond motifs is 1. The van der Waals surface area contributed by atoms with Gasteiger partial charge < -0.3 is 21.5 Å². The van der Waals surface area contributed by atoms with Crippen LogP contribution in [0.1, 0.15) is 28.9 Å². The molecular weight excluding hydrogens is 424 g/mol. The maximum Gasteiger partial charge on any atom is 0.308 e. The first-order valence-corrected chi connectivity index (χ1v) is 10.6. The Balaban J connectivity index is 1.31. The SMILES string of the molecule is COC(=O)C1CCN(CC(=O)c2ccc(NCc3cnc4nc(N)nc(N)c4n3)cc2)CC1. The molecule has 5 N–H and O–H groups in total. The van der Waals surface area contributed by atoms with E-state index in [1.165, 1.54) is 7.11 Å². The van der Waals surface area contributed by atoms with Crippen LogP contribution in [0, 0.1) is 5.92 Å². The third-order valence-corrected chi connectivity index (χ3v) is 5.67. The molecule has 4 rings (SSSR count). The molecule has 11 heteroatoms. The van der Waals surface area contributed by atoms with Gasteiger partial charge in [0.15, 0.2) is 22.8 Å². The van der Waals surface area contributed by atoms with Gasteiger partial charge in [0.1, 0.15) is 0 Å². The van der Waals surface area contributed by atoms with Gasteiger partial charge in [-0.1, -0.05) is 0 Å². The van der Waals surface area contributed by atoms with Crippen LogP contribution in [0.25, 0.3) is 11.2 Å². The van der Waals surface area contributed by atoms with Crippen molar-refractivity contribution < 1.29 is 14.3 Å². The second-order valence-electron chi connectivity index (χ2n) is 7.93. The predicted molar refractivity (Wildman–Crippen MR) is 123 cm³/mol. The molecule has 1 aliphatic heterocycles. The number of rotatable bonds is 7. The lowest BCUT2D eigenvalue weighted by atomic mass is 9.96. The molecule has 0 radical (unpaired) electrons. The number of carbonyl (C=O) groups is 2. The van der Waals surface area contributed by atoms with Crippen LogP contribution in [0.4, 0.5) is 17.5 Å². The Kier molecular flexibility index (Phi) is 6.59. The third-order valence-electron chi connectivity index (χ3n) is 5.67.